The van der Waals surface area contributed by atoms with Crippen LogP contribution in [0, 0.1) is 11.6 Å². The summed E-state index contributed by atoms with van der Waals surface area (Å²) < 4.78 is 31.4. The molecule has 1 rings (SSSR count). The highest BCUT2D eigenvalue weighted by molar-refractivity contribution is 5.94. The second-order valence-electron chi connectivity index (χ2n) is 3.89. The van der Waals surface area contributed by atoms with Crippen LogP contribution in [0.2, 0.25) is 0 Å². The Hall–Kier alpha value is -1.53. The maximum Gasteiger partial charge on any atom is 0.259 e. The van der Waals surface area contributed by atoms with E-state index in [-0.39, 0.29) is 13.2 Å². The van der Waals surface area contributed by atoms with Crippen molar-refractivity contribution >= 4 is 5.91 Å². The molecule has 0 bridgehead atoms. The second-order valence-corrected chi connectivity index (χ2v) is 3.89. The van der Waals surface area contributed by atoms with Crippen molar-refractivity contribution < 1.29 is 23.4 Å². The van der Waals surface area contributed by atoms with E-state index in [2.05, 4.69) is 0 Å². The third-order valence-corrected chi connectivity index (χ3v) is 2.37. The van der Waals surface area contributed by atoms with Gasteiger partial charge >= 0.3 is 0 Å². The summed E-state index contributed by atoms with van der Waals surface area (Å²) in [5.41, 5.74) is -0.621. The van der Waals surface area contributed by atoms with Crippen molar-refractivity contribution in [3.8, 4) is 0 Å². The molecule has 0 spiro atoms. The molecule has 0 saturated carbocycles. The van der Waals surface area contributed by atoms with Crippen LogP contribution in [0.1, 0.15) is 10.4 Å². The number of amides is 1. The van der Waals surface area contributed by atoms with Crippen molar-refractivity contribution in [2.45, 2.75) is 6.10 Å². The number of methoxy groups -OCH3 is 1. The average molecular weight is 259 g/mol. The first kappa shape index (κ1) is 14.5. The molecule has 0 aliphatic rings. The van der Waals surface area contributed by atoms with Crippen LogP contribution in [0.15, 0.2) is 18.2 Å². The molecule has 0 aliphatic heterocycles. The van der Waals surface area contributed by atoms with Crippen LogP contribution in [-0.4, -0.2) is 49.3 Å². The lowest BCUT2D eigenvalue weighted by atomic mass is 10.1. The first-order chi connectivity index (χ1) is 8.47. The van der Waals surface area contributed by atoms with Gasteiger partial charge in [0, 0.05) is 20.7 Å². The molecule has 1 amide bonds. The lowest BCUT2D eigenvalue weighted by Gasteiger charge is -2.20. The number of aliphatic hydroxyl groups excluding tert-OH is 1. The van der Waals surface area contributed by atoms with Crippen LogP contribution in [0.3, 0.4) is 0 Å². The van der Waals surface area contributed by atoms with E-state index < -0.39 is 29.2 Å². The predicted octanol–water partition coefficient (Wildman–Crippen LogP) is 1.04. The standard InChI is InChI=1S/C12H15F2NO3/c1-15(6-8(16)7-18-2)12(17)11-9(13)4-3-5-10(11)14/h3-5,8,16H,6-7H2,1-2H3. The van der Waals surface area contributed by atoms with Crippen LogP contribution in [0.25, 0.3) is 0 Å². The van der Waals surface area contributed by atoms with Gasteiger partial charge in [-0.15, -0.1) is 0 Å². The molecule has 18 heavy (non-hydrogen) atoms. The van der Waals surface area contributed by atoms with Crippen LogP contribution in [0.4, 0.5) is 8.78 Å². The number of rotatable bonds is 5. The molecule has 1 unspecified atom stereocenters. The molecule has 0 heterocycles. The number of nitrogens with zero attached hydrogens (tertiary/aromatic N) is 1. The minimum absolute atomic E-state index is 0.0391. The Labute approximate surface area is 104 Å². The molecule has 1 N–H and O–H groups in total. The maximum absolute atomic E-state index is 13.4. The highest BCUT2D eigenvalue weighted by Crippen LogP contribution is 2.14. The zero-order valence-electron chi connectivity index (χ0n) is 10.2. The lowest BCUT2D eigenvalue weighted by molar-refractivity contribution is 0.0376. The molecular weight excluding hydrogens is 244 g/mol. The quantitative estimate of drug-likeness (QED) is 0.859. The van der Waals surface area contributed by atoms with E-state index in [4.69, 9.17) is 4.74 Å². The molecule has 0 aromatic heterocycles. The first-order valence-electron chi connectivity index (χ1n) is 5.33. The molecule has 0 radical (unpaired) electrons. The van der Waals surface area contributed by atoms with Gasteiger partial charge in [0.25, 0.3) is 5.91 Å². The van der Waals surface area contributed by atoms with Gasteiger partial charge in [-0.05, 0) is 12.1 Å². The second kappa shape index (κ2) is 6.42. The third kappa shape index (κ3) is 3.48. The van der Waals surface area contributed by atoms with Crippen LogP contribution < -0.4 is 0 Å². The summed E-state index contributed by atoms with van der Waals surface area (Å²) >= 11 is 0. The van der Waals surface area contributed by atoms with E-state index in [9.17, 15) is 18.7 Å². The largest absolute Gasteiger partial charge is 0.389 e. The van der Waals surface area contributed by atoms with Gasteiger partial charge in [0.15, 0.2) is 0 Å². The summed E-state index contributed by atoms with van der Waals surface area (Å²) in [4.78, 5) is 12.9. The summed E-state index contributed by atoms with van der Waals surface area (Å²) in [7, 11) is 2.76. The van der Waals surface area contributed by atoms with Crippen molar-refractivity contribution in [2.75, 3.05) is 27.3 Å². The molecule has 100 valence electrons. The van der Waals surface area contributed by atoms with E-state index in [1.54, 1.807) is 0 Å². The van der Waals surface area contributed by atoms with Gasteiger partial charge in [0.2, 0.25) is 0 Å². The summed E-state index contributed by atoms with van der Waals surface area (Å²) in [5.74, 6) is -2.66. The zero-order valence-corrected chi connectivity index (χ0v) is 10.2. The summed E-state index contributed by atoms with van der Waals surface area (Å²) in [5, 5.41) is 9.45. The van der Waals surface area contributed by atoms with Crippen molar-refractivity contribution in [1.82, 2.24) is 4.90 Å². The maximum atomic E-state index is 13.4. The van der Waals surface area contributed by atoms with Gasteiger partial charge in [-0.25, -0.2) is 8.78 Å². The molecule has 0 fully saturated rings. The number of halogens is 2. The van der Waals surface area contributed by atoms with Crippen molar-refractivity contribution in [3.63, 3.8) is 0 Å². The fraction of sp³-hybridized carbons (Fsp3) is 0.417. The van der Waals surface area contributed by atoms with Gasteiger partial charge in [-0.3, -0.25) is 4.79 Å². The Morgan fingerprint density at radius 3 is 2.50 bits per heavy atom. The van der Waals surface area contributed by atoms with Gasteiger partial charge in [0.1, 0.15) is 17.2 Å². The van der Waals surface area contributed by atoms with Crippen molar-refractivity contribution in [3.05, 3.63) is 35.4 Å². The number of aliphatic hydroxyl groups is 1. The SMILES string of the molecule is COCC(O)CN(C)C(=O)c1c(F)cccc1F. The smallest absolute Gasteiger partial charge is 0.259 e. The zero-order chi connectivity index (χ0) is 13.7. The molecule has 1 aromatic carbocycles. The van der Waals surface area contributed by atoms with Gasteiger partial charge in [0.05, 0.1) is 12.7 Å². The minimum atomic E-state index is -0.923. The van der Waals surface area contributed by atoms with E-state index in [1.165, 1.54) is 20.2 Å². The Morgan fingerprint density at radius 2 is 2.00 bits per heavy atom. The van der Waals surface area contributed by atoms with E-state index in [0.29, 0.717) is 0 Å². The highest BCUT2D eigenvalue weighted by Gasteiger charge is 2.22. The van der Waals surface area contributed by atoms with Gasteiger partial charge < -0.3 is 14.7 Å². The normalized spacial score (nSPS) is 12.3. The Balaban J connectivity index is 2.81. The van der Waals surface area contributed by atoms with Crippen molar-refractivity contribution in [1.29, 1.82) is 0 Å². The fourth-order valence-electron chi connectivity index (χ4n) is 1.54. The van der Waals surface area contributed by atoms with E-state index in [1.807, 2.05) is 0 Å². The number of benzene rings is 1. The minimum Gasteiger partial charge on any atom is -0.389 e. The summed E-state index contributed by atoms with van der Waals surface area (Å²) in [6, 6.07) is 3.20. The van der Waals surface area contributed by atoms with E-state index in [0.717, 1.165) is 17.0 Å². The van der Waals surface area contributed by atoms with Gasteiger partial charge in [-0.2, -0.15) is 0 Å². The van der Waals surface area contributed by atoms with Crippen LogP contribution >= 0.6 is 0 Å². The molecule has 1 atom stereocenters. The lowest BCUT2D eigenvalue weighted by Crippen LogP contribution is -2.37. The first-order valence-corrected chi connectivity index (χ1v) is 5.33. The Morgan fingerprint density at radius 1 is 1.44 bits per heavy atom. The highest BCUT2D eigenvalue weighted by atomic mass is 19.1. The number of likely N-dealkylation sites (N-methyl/N-ethyl adjacent to an activating group) is 1. The Bertz CT molecular complexity index is 406. The summed E-state index contributed by atoms with van der Waals surface area (Å²) in [6.07, 6.45) is -0.904. The Kier molecular flexibility index (Phi) is 5.18. The topological polar surface area (TPSA) is 49.8 Å². The number of carbonyl (C=O) groups excluding carboxylic acids is 1. The fourth-order valence-corrected chi connectivity index (χ4v) is 1.54. The van der Waals surface area contributed by atoms with Crippen LogP contribution in [0.5, 0.6) is 0 Å². The predicted molar refractivity (Wildman–Crippen MR) is 61.2 cm³/mol. The third-order valence-electron chi connectivity index (χ3n) is 2.37. The molecule has 6 heteroatoms. The average Bonchev–Trinajstić information content (AvgIpc) is 2.28. The molecule has 4 nitrogen and oxygen atoms in total. The monoisotopic (exact) mass is 259 g/mol. The summed E-state index contributed by atoms with van der Waals surface area (Å²) in [6.45, 7) is -0.0299. The number of hydrogen-bond acceptors (Lipinski definition) is 3. The molecule has 0 aliphatic carbocycles. The van der Waals surface area contributed by atoms with Gasteiger partial charge in [-0.1, -0.05) is 6.07 Å². The molecule has 1 aromatic rings. The number of carbonyl (C=O) groups is 1. The molecule has 0 saturated heterocycles. The van der Waals surface area contributed by atoms with Crippen molar-refractivity contribution in [2.24, 2.45) is 0 Å². The number of ether oxygens (including phenoxy) is 1. The van der Waals surface area contributed by atoms with E-state index >= 15 is 0 Å². The van der Waals surface area contributed by atoms with Crippen LogP contribution in [-0.2, 0) is 4.74 Å². The number of hydrogen-bond donors (Lipinski definition) is 1. The molecular formula is C12H15F2NO3.